The molecule has 3 nitrogen and oxygen atoms in total. The third-order valence-electron chi connectivity index (χ3n) is 2.17. The lowest BCUT2D eigenvalue weighted by atomic mass is 10.1. The third kappa shape index (κ3) is 5.88. The molecule has 2 N–H and O–H groups in total. The van der Waals surface area contributed by atoms with E-state index < -0.39 is 12.8 Å². The number of hydrogen-bond donors (Lipinski definition) is 1. The largest absolute Gasteiger partial charge is 0.491 e. The van der Waals surface area contributed by atoms with E-state index in [0.29, 0.717) is 5.75 Å². The third-order valence-corrected chi connectivity index (χ3v) is 2.17. The minimum Gasteiger partial charge on any atom is -0.491 e. The molecule has 1 rings (SSSR count). The van der Waals surface area contributed by atoms with Gasteiger partial charge in [-0.05, 0) is 24.6 Å². The molecule has 102 valence electrons. The van der Waals surface area contributed by atoms with E-state index in [0.717, 1.165) is 5.56 Å². The SMILES string of the molecule is C[C@@H](N)c1ccc(OCCOCC(F)(F)F)cc1. The van der Waals surface area contributed by atoms with Crippen molar-refractivity contribution in [2.75, 3.05) is 19.8 Å². The van der Waals surface area contributed by atoms with Crippen molar-refractivity contribution in [1.29, 1.82) is 0 Å². The minimum absolute atomic E-state index is 0.0610. The van der Waals surface area contributed by atoms with Gasteiger partial charge in [0.15, 0.2) is 0 Å². The van der Waals surface area contributed by atoms with Crippen molar-refractivity contribution in [1.82, 2.24) is 0 Å². The molecule has 0 aliphatic rings. The smallest absolute Gasteiger partial charge is 0.411 e. The topological polar surface area (TPSA) is 44.5 Å². The summed E-state index contributed by atoms with van der Waals surface area (Å²) in [6, 6.07) is 7.02. The molecule has 0 radical (unpaired) electrons. The Hall–Kier alpha value is -1.27. The summed E-state index contributed by atoms with van der Waals surface area (Å²) >= 11 is 0. The van der Waals surface area contributed by atoms with E-state index in [9.17, 15) is 13.2 Å². The average Bonchev–Trinajstić information content (AvgIpc) is 2.27. The zero-order valence-corrected chi connectivity index (χ0v) is 10.0. The Morgan fingerprint density at radius 3 is 2.28 bits per heavy atom. The van der Waals surface area contributed by atoms with Crippen molar-refractivity contribution in [3.8, 4) is 5.75 Å². The van der Waals surface area contributed by atoms with E-state index in [1.807, 2.05) is 19.1 Å². The van der Waals surface area contributed by atoms with Crippen LogP contribution in [0.15, 0.2) is 24.3 Å². The first-order valence-corrected chi connectivity index (χ1v) is 5.51. The molecule has 1 atom stereocenters. The number of ether oxygens (including phenoxy) is 2. The molecule has 0 aromatic heterocycles. The Morgan fingerprint density at radius 1 is 1.17 bits per heavy atom. The van der Waals surface area contributed by atoms with Gasteiger partial charge < -0.3 is 15.2 Å². The Labute approximate surface area is 104 Å². The van der Waals surface area contributed by atoms with Gasteiger partial charge in [-0.1, -0.05) is 12.1 Å². The van der Waals surface area contributed by atoms with Gasteiger partial charge in [-0.3, -0.25) is 0 Å². The Kier molecular flexibility index (Phi) is 5.43. The first kappa shape index (κ1) is 14.8. The fraction of sp³-hybridized carbons (Fsp3) is 0.500. The van der Waals surface area contributed by atoms with Crippen LogP contribution >= 0.6 is 0 Å². The van der Waals surface area contributed by atoms with Gasteiger partial charge in [0.05, 0.1) is 6.61 Å². The van der Waals surface area contributed by atoms with Gasteiger partial charge in [0.1, 0.15) is 19.0 Å². The van der Waals surface area contributed by atoms with Crippen molar-refractivity contribution < 1.29 is 22.6 Å². The summed E-state index contributed by atoms with van der Waals surface area (Å²) in [6.07, 6.45) is -4.29. The van der Waals surface area contributed by atoms with Crippen molar-refractivity contribution in [2.45, 2.75) is 19.1 Å². The molecule has 1 aromatic carbocycles. The quantitative estimate of drug-likeness (QED) is 0.802. The molecule has 0 saturated carbocycles. The van der Waals surface area contributed by atoms with E-state index in [2.05, 4.69) is 4.74 Å². The Morgan fingerprint density at radius 2 is 1.78 bits per heavy atom. The predicted octanol–water partition coefficient (Wildman–Crippen LogP) is 2.66. The highest BCUT2D eigenvalue weighted by Gasteiger charge is 2.27. The van der Waals surface area contributed by atoms with Crippen LogP contribution in [0.25, 0.3) is 0 Å². The molecular formula is C12H16F3NO2. The first-order valence-electron chi connectivity index (χ1n) is 5.51. The van der Waals surface area contributed by atoms with Gasteiger partial charge in [-0.2, -0.15) is 13.2 Å². The lowest BCUT2D eigenvalue weighted by Crippen LogP contribution is -2.19. The zero-order valence-electron chi connectivity index (χ0n) is 10.0. The fourth-order valence-electron chi connectivity index (χ4n) is 1.27. The average molecular weight is 263 g/mol. The van der Waals surface area contributed by atoms with Crippen molar-refractivity contribution in [3.05, 3.63) is 29.8 Å². The molecule has 0 amide bonds. The first-order chi connectivity index (χ1) is 8.38. The number of rotatable bonds is 6. The van der Waals surface area contributed by atoms with Crippen LogP contribution in [0.3, 0.4) is 0 Å². The Bertz CT molecular complexity index is 349. The van der Waals surface area contributed by atoms with Crippen molar-refractivity contribution >= 4 is 0 Å². The van der Waals surface area contributed by atoms with Gasteiger partial charge in [0.25, 0.3) is 0 Å². The molecule has 0 saturated heterocycles. The second-order valence-electron chi connectivity index (χ2n) is 3.87. The zero-order chi connectivity index (χ0) is 13.6. The summed E-state index contributed by atoms with van der Waals surface area (Å²) in [5.41, 5.74) is 6.65. The van der Waals surface area contributed by atoms with E-state index in [1.165, 1.54) is 0 Å². The number of hydrogen-bond acceptors (Lipinski definition) is 3. The van der Waals surface area contributed by atoms with Crippen LogP contribution in [0, 0.1) is 0 Å². The summed E-state index contributed by atoms with van der Waals surface area (Å²) in [5, 5.41) is 0. The highest BCUT2D eigenvalue weighted by molar-refractivity contribution is 5.28. The maximum atomic E-state index is 11.7. The number of alkyl halides is 3. The second-order valence-corrected chi connectivity index (χ2v) is 3.87. The van der Waals surface area contributed by atoms with E-state index in [-0.39, 0.29) is 19.3 Å². The molecule has 18 heavy (non-hydrogen) atoms. The van der Waals surface area contributed by atoms with E-state index >= 15 is 0 Å². The van der Waals surface area contributed by atoms with Gasteiger partial charge in [0, 0.05) is 6.04 Å². The summed E-state index contributed by atoms with van der Waals surface area (Å²) in [4.78, 5) is 0. The lowest BCUT2D eigenvalue weighted by molar-refractivity contribution is -0.175. The molecule has 0 bridgehead atoms. The number of nitrogens with two attached hydrogens (primary N) is 1. The van der Waals surface area contributed by atoms with Crippen LogP contribution in [0.1, 0.15) is 18.5 Å². The lowest BCUT2D eigenvalue weighted by Gasteiger charge is -2.10. The molecule has 0 heterocycles. The normalized spacial score (nSPS) is 13.4. The molecule has 6 heteroatoms. The maximum Gasteiger partial charge on any atom is 0.411 e. The summed E-state index contributed by atoms with van der Waals surface area (Å²) in [7, 11) is 0. The summed E-state index contributed by atoms with van der Waals surface area (Å²) < 4.78 is 44.9. The summed E-state index contributed by atoms with van der Waals surface area (Å²) in [5.74, 6) is 0.579. The van der Waals surface area contributed by atoms with E-state index in [4.69, 9.17) is 10.5 Å². The van der Waals surface area contributed by atoms with Crippen LogP contribution in [-0.2, 0) is 4.74 Å². The van der Waals surface area contributed by atoms with Crippen LogP contribution in [0.5, 0.6) is 5.75 Å². The van der Waals surface area contributed by atoms with Gasteiger partial charge in [0.2, 0.25) is 0 Å². The molecule has 0 aliphatic heterocycles. The Balaban J connectivity index is 2.23. The second kappa shape index (κ2) is 6.61. The highest BCUT2D eigenvalue weighted by Crippen LogP contribution is 2.16. The van der Waals surface area contributed by atoms with Crippen LogP contribution in [0.2, 0.25) is 0 Å². The van der Waals surface area contributed by atoms with Crippen LogP contribution < -0.4 is 10.5 Å². The molecule has 0 spiro atoms. The molecule has 1 aromatic rings. The van der Waals surface area contributed by atoms with Crippen LogP contribution in [0.4, 0.5) is 13.2 Å². The van der Waals surface area contributed by atoms with Gasteiger partial charge >= 0.3 is 6.18 Å². The van der Waals surface area contributed by atoms with Crippen LogP contribution in [-0.4, -0.2) is 26.0 Å². The van der Waals surface area contributed by atoms with Gasteiger partial charge in [-0.15, -0.1) is 0 Å². The van der Waals surface area contributed by atoms with Crippen molar-refractivity contribution in [3.63, 3.8) is 0 Å². The minimum atomic E-state index is -4.29. The molecule has 0 unspecified atom stereocenters. The number of benzene rings is 1. The maximum absolute atomic E-state index is 11.7. The fourth-order valence-corrected chi connectivity index (χ4v) is 1.27. The summed E-state index contributed by atoms with van der Waals surface area (Å²) in [6.45, 7) is 0.586. The highest BCUT2D eigenvalue weighted by atomic mass is 19.4. The molecule has 0 fully saturated rings. The van der Waals surface area contributed by atoms with Crippen molar-refractivity contribution in [2.24, 2.45) is 5.73 Å². The van der Waals surface area contributed by atoms with Gasteiger partial charge in [-0.25, -0.2) is 0 Å². The molecular weight excluding hydrogens is 247 g/mol. The number of halogens is 3. The molecule has 0 aliphatic carbocycles. The standard InChI is InChI=1S/C12H16F3NO2/c1-9(16)10-2-4-11(5-3-10)18-7-6-17-8-12(13,14)15/h2-5,9H,6-8,16H2,1H3/t9-/m1/s1. The monoisotopic (exact) mass is 263 g/mol. The predicted molar refractivity (Wildman–Crippen MR) is 61.4 cm³/mol. The van der Waals surface area contributed by atoms with E-state index in [1.54, 1.807) is 12.1 Å².